The molecule has 0 unspecified atom stereocenters. The average Bonchev–Trinajstić information content (AvgIpc) is 3.02. The number of ether oxygens (including phenoxy) is 1. The molecule has 0 spiro atoms. The van der Waals surface area contributed by atoms with Crippen molar-refractivity contribution in [1.29, 1.82) is 0 Å². The molecule has 35 heavy (non-hydrogen) atoms. The van der Waals surface area contributed by atoms with Gasteiger partial charge >= 0.3 is 6.09 Å². The molecule has 9 nitrogen and oxygen atoms in total. The normalized spacial score (nSPS) is 26.0. The number of carbonyl (C=O) groups excluding carboxylic acids is 1. The summed E-state index contributed by atoms with van der Waals surface area (Å²) in [4.78, 5) is 30.0. The van der Waals surface area contributed by atoms with Crippen LogP contribution in [-0.4, -0.2) is 70.4 Å². The summed E-state index contributed by atoms with van der Waals surface area (Å²) >= 11 is 6.11. The molecule has 0 N–H and O–H groups in total. The summed E-state index contributed by atoms with van der Waals surface area (Å²) in [5.41, 5.74) is -0.227. The van der Waals surface area contributed by atoms with Crippen molar-refractivity contribution in [2.45, 2.75) is 82.8 Å². The van der Waals surface area contributed by atoms with E-state index in [2.05, 4.69) is 21.9 Å². The van der Waals surface area contributed by atoms with E-state index in [-0.39, 0.29) is 46.6 Å². The molecule has 1 amide bonds. The highest BCUT2D eigenvalue weighted by atomic mass is 35.5. The number of amides is 1. The number of halogens is 2. The van der Waals surface area contributed by atoms with Gasteiger partial charge in [0.1, 0.15) is 16.9 Å². The summed E-state index contributed by atoms with van der Waals surface area (Å²) < 4.78 is 46.4. The van der Waals surface area contributed by atoms with Gasteiger partial charge in [-0.2, -0.15) is 0 Å². The topological polar surface area (TPSA) is 106 Å². The minimum Gasteiger partial charge on any atom is -0.444 e. The van der Waals surface area contributed by atoms with Gasteiger partial charge in [-0.1, -0.05) is 25.4 Å². The smallest absolute Gasteiger partial charge is 0.410 e. The average molecular weight is 526 g/mol. The minimum atomic E-state index is -3.82. The Bertz CT molecular complexity index is 1330. The van der Waals surface area contributed by atoms with Crippen molar-refractivity contribution in [3.05, 3.63) is 16.7 Å². The number of anilines is 1. The van der Waals surface area contributed by atoms with Crippen molar-refractivity contribution in [1.82, 2.24) is 19.9 Å². The monoisotopic (exact) mass is 525 g/mol. The highest BCUT2D eigenvalue weighted by Crippen LogP contribution is 2.45. The van der Waals surface area contributed by atoms with Crippen LogP contribution in [0.1, 0.15) is 53.2 Å². The fraction of sp³-hybridized carbons (Fsp3) is 0.652. The number of carbonyl (C=O) groups is 1. The third-order valence-electron chi connectivity index (χ3n) is 7.12. The molecular weight excluding hydrogens is 497 g/mol. The SMILES string of the molecule is CCS(=O)(=O)c1nc2c3c(nc(Cl)c(F)c3n1)C[C@H](C)[C@H]1[C@@H]3CC[C@H](CN21)N3C(=O)OC(C)(C)C. The molecule has 3 aliphatic heterocycles. The molecule has 0 aliphatic carbocycles. The van der Waals surface area contributed by atoms with E-state index in [4.69, 9.17) is 16.3 Å². The van der Waals surface area contributed by atoms with Crippen LogP contribution in [0.15, 0.2) is 5.16 Å². The lowest BCUT2D eigenvalue weighted by molar-refractivity contribution is 0.00491. The molecule has 2 saturated heterocycles. The largest absolute Gasteiger partial charge is 0.444 e. The van der Waals surface area contributed by atoms with E-state index < -0.39 is 26.4 Å². The van der Waals surface area contributed by atoms with Crippen LogP contribution in [0, 0.1) is 11.7 Å². The van der Waals surface area contributed by atoms with Gasteiger partial charge in [0.15, 0.2) is 11.0 Å². The summed E-state index contributed by atoms with van der Waals surface area (Å²) in [5, 5.41) is -0.382. The van der Waals surface area contributed by atoms with Crippen molar-refractivity contribution in [2.75, 3.05) is 17.2 Å². The number of piperazine rings is 1. The van der Waals surface area contributed by atoms with E-state index in [0.29, 0.717) is 29.9 Å². The van der Waals surface area contributed by atoms with Crippen LogP contribution < -0.4 is 4.90 Å². The van der Waals surface area contributed by atoms with Gasteiger partial charge in [-0.05, 0) is 46.0 Å². The Labute approximate surface area is 208 Å². The first-order valence-electron chi connectivity index (χ1n) is 11.9. The summed E-state index contributed by atoms with van der Waals surface area (Å²) in [5.74, 6) is -0.747. The van der Waals surface area contributed by atoms with E-state index in [1.54, 1.807) is 0 Å². The van der Waals surface area contributed by atoms with Crippen LogP contribution >= 0.6 is 11.6 Å². The lowest BCUT2D eigenvalue weighted by atomic mass is 9.88. The third kappa shape index (κ3) is 3.91. The molecule has 2 fully saturated rings. The zero-order valence-corrected chi connectivity index (χ0v) is 22.0. The van der Waals surface area contributed by atoms with Gasteiger partial charge in [0, 0.05) is 6.54 Å². The number of hydrogen-bond acceptors (Lipinski definition) is 8. The van der Waals surface area contributed by atoms with Gasteiger partial charge in [-0.15, -0.1) is 0 Å². The Kier molecular flexibility index (Phi) is 5.67. The lowest BCUT2D eigenvalue weighted by Crippen LogP contribution is -2.63. The highest BCUT2D eigenvalue weighted by molar-refractivity contribution is 7.91. The zero-order chi connectivity index (χ0) is 25.4. The number of nitrogens with zero attached hydrogens (tertiary/aromatic N) is 5. The van der Waals surface area contributed by atoms with E-state index in [0.717, 1.165) is 12.8 Å². The molecule has 0 radical (unpaired) electrons. The van der Waals surface area contributed by atoms with Gasteiger partial charge in [0.25, 0.3) is 0 Å². The predicted octanol–water partition coefficient (Wildman–Crippen LogP) is 3.76. The lowest BCUT2D eigenvalue weighted by Gasteiger charge is -2.49. The predicted molar refractivity (Wildman–Crippen MR) is 129 cm³/mol. The Morgan fingerprint density at radius 2 is 1.94 bits per heavy atom. The minimum absolute atomic E-state index is 0.0124. The standard InChI is InChI=1S/C23H29ClFN5O4S/c1-6-35(32,33)21-27-17-15-13(26-19(24)16(17)25)9-11(2)18-14-8-7-12(10-29(18)20(15)28-21)30(14)22(31)34-23(3,4)5/h11-12,14,18H,6-10H2,1-5H3/t11-,12+,14-,18-/m0/s1. The van der Waals surface area contributed by atoms with Gasteiger partial charge < -0.3 is 9.64 Å². The maximum Gasteiger partial charge on any atom is 0.410 e. The molecule has 190 valence electrons. The van der Waals surface area contributed by atoms with E-state index >= 15 is 4.39 Å². The summed E-state index contributed by atoms with van der Waals surface area (Å²) in [6.07, 6.45) is 1.67. The van der Waals surface area contributed by atoms with Crippen LogP contribution in [0.5, 0.6) is 0 Å². The number of fused-ring (bicyclic) bond motifs is 5. The number of pyridine rings is 1. The zero-order valence-electron chi connectivity index (χ0n) is 20.4. The molecule has 4 atom stereocenters. The molecule has 0 aromatic carbocycles. The first kappa shape index (κ1) is 24.4. The van der Waals surface area contributed by atoms with Crippen LogP contribution in [0.4, 0.5) is 15.0 Å². The fourth-order valence-corrected chi connectivity index (χ4v) is 6.63. The van der Waals surface area contributed by atoms with Gasteiger partial charge in [0.2, 0.25) is 15.0 Å². The molecule has 0 saturated carbocycles. The van der Waals surface area contributed by atoms with E-state index in [9.17, 15) is 13.2 Å². The third-order valence-corrected chi connectivity index (χ3v) is 8.87. The summed E-state index contributed by atoms with van der Waals surface area (Å²) in [6, 6.07) is -0.488. The number of aromatic nitrogens is 3. The Morgan fingerprint density at radius 1 is 1.23 bits per heavy atom. The van der Waals surface area contributed by atoms with Crippen LogP contribution in [0.25, 0.3) is 10.9 Å². The van der Waals surface area contributed by atoms with Crippen molar-refractivity contribution < 1.29 is 22.3 Å². The molecule has 12 heteroatoms. The second-order valence-corrected chi connectivity index (χ2v) is 13.2. The molecule has 2 aromatic heterocycles. The first-order chi connectivity index (χ1) is 16.3. The molecule has 5 rings (SSSR count). The number of rotatable bonds is 2. The van der Waals surface area contributed by atoms with E-state index in [1.165, 1.54) is 6.92 Å². The maximum absolute atomic E-state index is 15.2. The Balaban J connectivity index is 1.69. The Hall–Kier alpha value is -2.27. The van der Waals surface area contributed by atoms with Crippen LogP contribution in [0.3, 0.4) is 0 Å². The van der Waals surface area contributed by atoms with Crippen molar-refractivity contribution in [3.63, 3.8) is 0 Å². The first-order valence-corrected chi connectivity index (χ1v) is 13.9. The number of sulfone groups is 1. The Morgan fingerprint density at radius 3 is 2.60 bits per heavy atom. The summed E-state index contributed by atoms with van der Waals surface area (Å²) in [6.45, 7) is 9.48. The molecule has 2 bridgehead atoms. The second kappa shape index (κ2) is 8.12. The highest BCUT2D eigenvalue weighted by Gasteiger charge is 2.53. The number of hydrogen-bond donors (Lipinski definition) is 0. The van der Waals surface area contributed by atoms with Crippen molar-refractivity contribution in [3.8, 4) is 0 Å². The van der Waals surface area contributed by atoms with Crippen LogP contribution in [-0.2, 0) is 21.0 Å². The van der Waals surface area contributed by atoms with Crippen molar-refractivity contribution >= 4 is 44.3 Å². The van der Waals surface area contributed by atoms with Crippen LogP contribution in [0.2, 0.25) is 5.15 Å². The van der Waals surface area contributed by atoms with Gasteiger partial charge in [-0.25, -0.2) is 32.6 Å². The van der Waals surface area contributed by atoms with Gasteiger partial charge in [0.05, 0.1) is 35.0 Å². The van der Waals surface area contributed by atoms with E-state index in [1.807, 2.05) is 30.6 Å². The molecule has 2 aromatic rings. The van der Waals surface area contributed by atoms with Crippen molar-refractivity contribution in [2.24, 2.45) is 5.92 Å². The second-order valence-electron chi connectivity index (χ2n) is 10.6. The summed E-state index contributed by atoms with van der Waals surface area (Å²) in [7, 11) is -3.82. The van der Waals surface area contributed by atoms with Gasteiger partial charge in [-0.3, -0.25) is 4.90 Å². The maximum atomic E-state index is 15.2. The quantitative estimate of drug-likeness (QED) is 0.431. The molecule has 5 heterocycles. The molecular formula is C23H29ClFN5O4S. The fourth-order valence-electron chi connectivity index (χ4n) is 5.72. The molecule has 3 aliphatic rings.